The van der Waals surface area contributed by atoms with Crippen LogP contribution in [0.2, 0.25) is 0 Å². The van der Waals surface area contributed by atoms with Crippen LogP contribution < -0.4 is 4.90 Å². The molecule has 0 aliphatic heterocycles. The van der Waals surface area contributed by atoms with Crippen LogP contribution in [0.4, 0.5) is 11.4 Å². The van der Waals surface area contributed by atoms with Crippen molar-refractivity contribution in [2.45, 2.75) is 20.8 Å². The molecule has 0 atom stereocenters. The first-order valence-electron chi connectivity index (χ1n) is 6.24. The SMILES string of the molecule is C=Nc1ccc(N(C)CCOS(=O)(=O)O)cc1C.CC. The van der Waals surface area contributed by atoms with Gasteiger partial charge in [0.25, 0.3) is 0 Å². The molecule has 0 radical (unpaired) electrons. The molecule has 0 heterocycles. The summed E-state index contributed by atoms with van der Waals surface area (Å²) in [6.07, 6.45) is 0. The summed E-state index contributed by atoms with van der Waals surface area (Å²) in [6, 6.07) is 5.60. The predicted molar refractivity (Wildman–Crippen MR) is 82.5 cm³/mol. The summed E-state index contributed by atoms with van der Waals surface area (Å²) < 4.78 is 33.4. The molecule has 7 heteroatoms. The van der Waals surface area contributed by atoms with E-state index in [2.05, 4.69) is 15.9 Å². The molecule has 114 valence electrons. The third kappa shape index (κ3) is 6.65. The molecule has 0 saturated carbocycles. The van der Waals surface area contributed by atoms with E-state index < -0.39 is 10.4 Å². The minimum absolute atomic E-state index is 0.115. The highest BCUT2D eigenvalue weighted by molar-refractivity contribution is 7.80. The van der Waals surface area contributed by atoms with Crippen LogP contribution in [0, 0.1) is 6.92 Å². The van der Waals surface area contributed by atoms with Crippen molar-refractivity contribution >= 4 is 28.5 Å². The first-order valence-corrected chi connectivity index (χ1v) is 7.60. The van der Waals surface area contributed by atoms with Crippen LogP contribution in [0.3, 0.4) is 0 Å². The highest BCUT2D eigenvalue weighted by Gasteiger charge is 2.07. The molecule has 0 aromatic heterocycles. The maximum Gasteiger partial charge on any atom is 0.397 e. The number of aliphatic imine (C=N–C) groups is 1. The maximum absolute atomic E-state index is 10.4. The van der Waals surface area contributed by atoms with Gasteiger partial charge in [0.15, 0.2) is 0 Å². The van der Waals surface area contributed by atoms with E-state index in [0.29, 0.717) is 6.54 Å². The quantitative estimate of drug-likeness (QED) is 0.645. The highest BCUT2D eigenvalue weighted by atomic mass is 32.3. The second kappa shape index (κ2) is 8.68. The molecule has 1 aromatic carbocycles. The van der Waals surface area contributed by atoms with Crippen LogP contribution in [0.15, 0.2) is 23.2 Å². The third-order valence-electron chi connectivity index (χ3n) is 2.45. The molecule has 1 rings (SSSR count). The molecule has 0 spiro atoms. The Morgan fingerprint density at radius 3 is 2.45 bits per heavy atom. The lowest BCUT2D eigenvalue weighted by molar-refractivity contribution is 0.274. The Hall–Kier alpha value is -1.44. The van der Waals surface area contributed by atoms with Gasteiger partial charge in [-0.1, -0.05) is 13.8 Å². The highest BCUT2D eigenvalue weighted by Crippen LogP contribution is 2.23. The number of hydrogen-bond donors (Lipinski definition) is 1. The third-order valence-corrected chi connectivity index (χ3v) is 2.91. The fourth-order valence-corrected chi connectivity index (χ4v) is 1.75. The minimum Gasteiger partial charge on any atom is -0.372 e. The zero-order chi connectivity index (χ0) is 15.8. The lowest BCUT2D eigenvalue weighted by Crippen LogP contribution is -2.23. The number of aryl methyl sites for hydroxylation is 1. The van der Waals surface area contributed by atoms with Gasteiger partial charge < -0.3 is 4.90 Å². The first-order chi connectivity index (χ1) is 9.33. The number of benzene rings is 1. The zero-order valence-corrected chi connectivity index (χ0v) is 13.1. The van der Waals surface area contributed by atoms with Crippen LogP contribution in [0.5, 0.6) is 0 Å². The van der Waals surface area contributed by atoms with Crippen molar-refractivity contribution in [1.82, 2.24) is 0 Å². The van der Waals surface area contributed by atoms with E-state index in [4.69, 9.17) is 4.55 Å². The fourth-order valence-electron chi connectivity index (χ4n) is 1.46. The van der Waals surface area contributed by atoms with Crippen molar-refractivity contribution in [3.05, 3.63) is 23.8 Å². The molecule has 1 N–H and O–H groups in total. The second-order valence-corrected chi connectivity index (χ2v) is 4.89. The molecule has 1 aromatic rings. The largest absolute Gasteiger partial charge is 0.397 e. The van der Waals surface area contributed by atoms with Gasteiger partial charge in [0.1, 0.15) is 0 Å². The molecule has 0 unspecified atom stereocenters. The average Bonchev–Trinajstić information content (AvgIpc) is 2.39. The maximum atomic E-state index is 10.4. The Balaban J connectivity index is 0.00000172. The van der Waals surface area contributed by atoms with Gasteiger partial charge in [-0.15, -0.1) is 0 Å². The summed E-state index contributed by atoms with van der Waals surface area (Å²) in [4.78, 5) is 5.67. The lowest BCUT2D eigenvalue weighted by Gasteiger charge is -2.19. The fraction of sp³-hybridized carbons (Fsp3) is 0.462. The van der Waals surface area contributed by atoms with Crippen LogP contribution >= 0.6 is 0 Å². The van der Waals surface area contributed by atoms with Gasteiger partial charge in [-0.2, -0.15) is 8.42 Å². The van der Waals surface area contributed by atoms with Crippen LogP contribution in [0.1, 0.15) is 19.4 Å². The monoisotopic (exact) mass is 302 g/mol. The summed E-state index contributed by atoms with van der Waals surface area (Å²) in [6.45, 7) is 9.60. The van der Waals surface area contributed by atoms with E-state index in [-0.39, 0.29) is 6.61 Å². The lowest BCUT2D eigenvalue weighted by atomic mass is 10.1. The standard InChI is InChI=1S/C11H16N2O4S.C2H6/c1-9-8-10(4-5-11(9)12-2)13(3)6-7-17-18(14,15)16;1-2/h4-5,8H,2,6-7H2,1,3H3,(H,14,15,16);1-2H3. The molecular weight excluding hydrogens is 280 g/mol. The van der Waals surface area contributed by atoms with Gasteiger partial charge in [-0.3, -0.25) is 9.55 Å². The smallest absolute Gasteiger partial charge is 0.372 e. The summed E-state index contributed by atoms with van der Waals surface area (Å²) in [5, 5.41) is 0. The van der Waals surface area contributed by atoms with Gasteiger partial charge in [0, 0.05) is 19.3 Å². The van der Waals surface area contributed by atoms with Crippen molar-refractivity contribution < 1.29 is 17.2 Å². The molecule has 0 fully saturated rings. The van der Waals surface area contributed by atoms with Crippen molar-refractivity contribution in [3.8, 4) is 0 Å². The van der Waals surface area contributed by atoms with Crippen molar-refractivity contribution in [2.75, 3.05) is 25.1 Å². The number of rotatable bonds is 6. The molecule has 0 aliphatic carbocycles. The number of anilines is 1. The van der Waals surface area contributed by atoms with Crippen molar-refractivity contribution in [3.63, 3.8) is 0 Å². The van der Waals surface area contributed by atoms with E-state index in [1.54, 1.807) is 7.05 Å². The Bertz CT molecular complexity index is 529. The van der Waals surface area contributed by atoms with Gasteiger partial charge in [-0.05, 0) is 37.4 Å². The zero-order valence-electron chi connectivity index (χ0n) is 12.3. The molecule has 0 amide bonds. The predicted octanol–water partition coefficient (Wildman–Crippen LogP) is 2.61. The van der Waals surface area contributed by atoms with E-state index in [0.717, 1.165) is 16.9 Å². The molecule has 0 saturated heterocycles. The molecule has 20 heavy (non-hydrogen) atoms. The summed E-state index contributed by atoms with van der Waals surface area (Å²) in [5.41, 5.74) is 2.69. The molecule has 6 nitrogen and oxygen atoms in total. The van der Waals surface area contributed by atoms with E-state index >= 15 is 0 Å². The van der Waals surface area contributed by atoms with Crippen LogP contribution in [-0.4, -0.2) is 39.9 Å². The summed E-state index contributed by atoms with van der Waals surface area (Å²) >= 11 is 0. The number of hydrogen-bond acceptors (Lipinski definition) is 5. The average molecular weight is 302 g/mol. The van der Waals surface area contributed by atoms with E-state index in [1.165, 1.54) is 0 Å². The molecular formula is C13H22N2O4S. The Morgan fingerprint density at radius 1 is 1.40 bits per heavy atom. The Labute approximate surface area is 121 Å². The summed E-state index contributed by atoms with van der Waals surface area (Å²) in [5.74, 6) is 0. The Kier molecular flexibility index (Phi) is 8.05. The number of likely N-dealkylation sites (N-methyl/N-ethyl adjacent to an activating group) is 1. The van der Waals surface area contributed by atoms with Gasteiger partial charge in [-0.25, -0.2) is 4.18 Å². The topological polar surface area (TPSA) is 79.2 Å². The van der Waals surface area contributed by atoms with Crippen LogP contribution in [0.25, 0.3) is 0 Å². The van der Waals surface area contributed by atoms with Gasteiger partial charge in [0.05, 0.1) is 12.3 Å². The summed E-state index contributed by atoms with van der Waals surface area (Å²) in [7, 11) is -2.58. The van der Waals surface area contributed by atoms with Gasteiger partial charge in [0.2, 0.25) is 0 Å². The minimum atomic E-state index is -4.37. The normalized spacial score (nSPS) is 10.4. The van der Waals surface area contributed by atoms with Crippen molar-refractivity contribution in [1.29, 1.82) is 0 Å². The van der Waals surface area contributed by atoms with E-state index in [1.807, 2.05) is 43.9 Å². The molecule has 0 bridgehead atoms. The first kappa shape index (κ1) is 18.6. The van der Waals surface area contributed by atoms with Gasteiger partial charge >= 0.3 is 10.4 Å². The Morgan fingerprint density at radius 2 is 2.00 bits per heavy atom. The van der Waals surface area contributed by atoms with E-state index in [9.17, 15) is 8.42 Å². The molecule has 0 aliphatic rings. The number of nitrogens with zero attached hydrogens (tertiary/aromatic N) is 2. The van der Waals surface area contributed by atoms with Crippen molar-refractivity contribution in [2.24, 2.45) is 4.99 Å². The second-order valence-electron chi connectivity index (χ2n) is 3.80. The van der Waals surface area contributed by atoms with Crippen LogP contribution in [-0.2, 0) is 14.6 Å².